The molecule has 3 aromatic rings. The number of phenolic OH excluding ortho intramolecular Hbond substituents is 2. The van der Waals surface area contributed by atoms with Crippen LogP contribution in [-0.2, 0) is 22.8 Å². The minimum absolute atomic E-state index is 0.0156. The normalized spacial score (nSPS) is 17.5. The molecule has 1 unspecified atom stereocenters. The Balaban J connectivity index is 1.61. The van der Waals surface area contributed by atoms with Crippen molar-refractivity contribution in [1.82, 2.24) is 0 Å². The predicted octanol–water partition coefficient (Wildman–Crippen LogP) is 6.14. The summed E-state index contributed by atoms with van der Waals surface area (Å²) in [5, 5.41) is 20.3. The molecular formula is C28H32O5. The maximum atomic E-state index is 10.4. The molecule has 4 rings (SSSR count). The summed E-state index contributed by atoms with van der Waals surface area (Å²) in [6.45, 7) is 12.9. The Hall–Kier alpha value is -3.02. The van der Waals surface area contributed by atoms with E-state index >= 15 is 0 Å². The number of aryl methyl sites for hydroxylation is 4. The fourth-order valence-electron chi connectivity index (χ4n) is 4.45. The van der Waals surface area contributed by atoms with Crippen LogP contribution >= 0.6 is 0 Å². The first-order chi connectivity index (χ1) is 15.6. The second kappa shape index (κ2) is 9.08. The Bertz CT molecular complexity index is 1150. The van der Waals surface area contributed by atoms with Crippen molar-refractivity contribution in [2.75, 3.05) is 0 Å². The summed E-state index contributed by atoms with van der Waals surface area (Å²) in [5.74, 6) is 0.401. The monoisotopic (exact) mass is 448 g/mol. The number of benzene rings is 3. The van der Waals surface area contributed by atoms with Crippen molar-refractivity contribution in [2.45, 2.75) is 66.8 Å². The first-order valence-corrected chi connectivity index (χ1v) is 11.3. The van der Waals surface area contributed by atoms with Crippen LogP contribution < -0.4 is 4.74 Å². The van der Waals surface area contributed by atoms with E-state index in [0.717, 1.165) is 11.1 Å². The van der Waals surface area contributed by atoms with E-state index in [9.17, 15) is 10.2 Å². The van der Waals surface area contributed by atoms with Crippen LogP contribution in [0.15, 0.2) is 36.4 Å². The lowest BCUT2D eigenvalue weighted by atomic mass is 9.91. The van der Waals surface area contributed by atoms with Crippen molar-refractivity contribution < 1.29 is 24.7 Å². The molecule has 0 amide bonds. The van der Waals surface area contributed by atoms with Gasteiger partial charge >= 0.3 is 0 Å². The van der Waals surface area contributed by atoms with Crippen LogP contribution in [0.25, 0.3) is 0 Å². The van der Waals surface area contributed by atoms with Crippen molar-refractivity contribution in [1.29, 1.82) is 0 Å². The fraction of sp³-hybridized carbons (Fsp3) is 0.357. The van der Waals surface area contributed by atoms with Crippen LogP contribution in [0, 0.1) is 41.5 Å². The second-order valence-electron chi connectivity index (χ2n) is 9.22. The van der Waals surface area contributed by atoms with Gasteiger partial charge in [-0.25, -0.2) is 9.78 Å². The lowest BCUT2D eigenvalue weighted by Gasteiger charge is -2.33. The Morgan fingerprint density at radius 1 is 0.818 bits per heavy atom. The smallest absolute Gasteiger partial charge is 0.153 e. The van der Waals surface area contributed by atoms with Crippen molar-refractivity contribution >= 4 is 0 Å². The zero-order valence-corrected chi connectivity index (χ0v) is 20.2. The summed E-state index contributed by atoms with van der Waals surface area (Å²) >= 11 is 0. The Morgan fingerprint density at radius 3 is 2.00 bits per heavy atom. The average molecular weight is 449 g/mol. The maximum Gasteiger partial charge on any atom is 0.153 e. The molecule has 0 fully saturated rings. The number of fused-ring (bicyclic) bond motifs is 1. The largest absolute Gasteiger partial charge is 0.508 e. The number of rotatable bonds is 5. The molecule has 0 saturated carbocycles. The molecule has 33 heavy (non-hydrogen) atoms. The fourth-order valence-corrected chi connectivity index (χ4v) is 4.45. The number of hydrogen-bond acceptors (Lipinski definition) is 5. The molecule has 1 aliphatic heterocycles. The molecule has 174 valence electrons. The highest BCUT2D eigenvalue weighted by Gasteiger charge is 2.35. The highest BCUT2D eigenvalue weighted by molar-refractivity contribution is 5.52. The number of ether oxygens (including phenoxy) is 1. The average Bonchev–Trinajstić information content (AvgIpc) is 2.75. The van der Waals surface area contributed by atoms with Crippen molar-refractivity contribution in [3.8, 4) is 17.2 Å². The summed E-state index contributed by atoms with van der Waals surface area (Å²) in [6, 6.07) is 11.3. The van der Waals surface area contributed by atoms with Gasteiger partial charge in [0.05, 0.1) is 0 Å². The van der Waals surface area contributed by atoms with E-state index in [0.29, 0.717) is 24.3 Å². The number of hydrogen-bond donors (Lipinski definition) is 2. The molecule has 2 atom stereocenters. The molecule has 5 heteroatoms. The van der Waals surface area contributed by atoms with Gasteiger partial charge in [-0.3, -0.25) is 0 Å². The van der Waals surface area contributed by atoms with E-state index in [-0.39, 0.29) is 11.5 Å². The molecule has 0 aliphatic carbocycles. The summed E-state index contributed by atoms with van der Waals surface area (Å²) in [5.41, 5.74) is 9.91. The van der Waals surface area contributed by atoms with E-state index in [1.807, 2.05) is 0 Å². The first kappa shape index (κ1) is 23.1. The third-order valence-electron chi connectivity index (χ3n) is 6.85. The van der Waals surface area contributed by atoms with Crippen molar-refractivity contribution in [3.63, 3.8) is 0 Å². The topological polar surface area (TPSA) is 68.2 Å². The number of aromatic hydroxyl groups is 2. The molecule has 2 N–H and O–H groups in total. The van der Waals surface area contributed by atoms with Gasteiger partial charge < -0.3 is 14.9 Å². The molecule has 0 saturated heterocycles. The van der Waals surface area contributed by atoms with E-state index in [1.54, 1.807) is 0 Å². The first-order valence-electron chi connectivity index (χ1n) is 11.3. The molecule has 3 aromatic carbocycles. The Morgan fingerprint density at radius 2 is 1.39 bits per heavy atom. The maximum absolute atomic E-state index is 10.4. The summed E-state index contributed by atoms with van der Waals surface area (Å²) < 4.78 is 6.27. The quantitative estimate of drug-likeness (QED) is 0.362. The van der Waals surface area contributed by atoms with Gasteiger partial charge in [-0.05, 0) is 86.1 Å². The van der Waals surface area contributed by atoms with E-state index in [2.05, 4.69) is 65.8 Å². The van der Waals surface area contributed by atoms with Crippen LogP contribution in [0.5, 0.6) is 17.2 Å². The lowest BCUT2D eigenvalue weighted by molar-refractivity contribution is -0.347. The number of phenols is 2. The van der Waals surface area contributed by atoms with Gasteiger partial charge in [0.2, 0.25) is 0 Å². The second-order valence-corrected chi connectivity index (χ2v) is 9.22. The van der Waals surface area contributed by atoms with Gasteiger partial charge in [0.1, 0.15) is 30.0 Å². The molecule has 1 aliphatic rings. The molecule has 5 nitrogen and oxygen atoms in total. The third-order valence-corrected chi connectivity index (χ3v) is 6.85. The van der Waals surface area contributed by atoms with E-state index in [4.69, 9.17) is 14.5 Å². The van der Waals surface area contributed by atoms with Crippen LogP contribution in [-0.4, -0.2) is 16.3 Å². The minimum Gasteiger partial charge on any atom is -0.508 e. The molecule has 0 aromatic heterocycles. The summed E-state index contributed by atoms with van der Waals surface area (Å²) in [7, 11) is 0. The van der Waals surface area contributed by atoms with Crippen LogP contribution in [0.4, 0.5) is 0 Å². The summed E-state index contributed by atoms with van der Waals surface area (Å²) in [4.78, 5) is 11.6. The molecular weight excluding hydrogens is 416 g/mol. The van der Waals surface area contributed by atoms with Crippen molar-refractivity contribution in [2.24, 2.45) is 0 Å². The lowest BCUT2D eigenvalue weighted by Crippen LogP contribution is -2.33. The van der Waals surface area contributed by atoms with Gasteiger partial charge in [0, 0.05) is 24.1 Å². The van der Waals surface area contributed by atoms with Crippen LogP contribution in [0.3, 0.4) is 0 Å². The van der Waals surface area contributed by atoms with Gasteiger partial charge in [-0.15, -0.1) is 0 Å². The van der Waals surface area contributed by atoms with Crippen LogP contribution in [0.1, 0.15) is 56.2 Å². The highest BCUT2D eigenvalue weighted by atomic mass is 17.2. The zero-order valence-electron chi connectivity index (χ0n) is 20.2. The molecule has 1 heterocycles. The van der Waals surface area contributed by atoms with Crippen molar-refractivity contribution in [3.05, 3.63) is 86.5 Å². The Labute approximate surface area is 195 Å². The SMILES string of the molecule is Cc1cc(COO[C@@H]2Cc3c(O)cc(O)cc3OC2c2cc(C)c(C)c(C)c2)cc(C)c1C. The Kier molecular flexibility index (Phi) is 6.37. The van der Waals surface area contributed by atoms with E-state index in [1.165, 1.54) is 45.5 Å². The minimum atomic E-state index is -0.470. The molecule has 0 radical (unpaired) electrons. The highest BCUT2D eigenvalue weighted by Crippen LogP contribution is 2.43. The van der Waals surface area contributed by atoms with Crippen LogP contribution in [0.2, 0.25) is 0 Å². The predicted molar refractivity (Wildman–Crippen MR) is 128 cm³/mol. The summed E-state index contributed by atoms with van der Waals surface area (Å²) in [6.07, 6.45) is -0.524. The van der Waals surface area contributed by atoms with E-state index < -0.39 is 12.2 Å². The third kappa shape index (κ3) is 4.70. The molecule has 0 bridgehead atoms. The van der Waals surface area contributed by atoms with Gasteiger partial charge in [-0.2, -0.15) is 0 Å². The van der Waals surface area contributed by atoms with Gasteiger partial charge in [0.25, 0.3) is 0 Å². The van der Waals surface area contributed by atoms with Gasteiger partial charge in [0.15, 0.2) is 6.10 Å². The standard InChI is InChI=1S/C28H32O5/c1-15-7-21(8-16(2)19(15)5)14-31-33-27-13-24-25(30)11-23(29)12-26(24)32-28(27)22-9-17(3)20(6)18(4)10-22/h7-12,27-30H,13-14H2,1-6H3/t27-,28?/m1/s1. The molecule has 0 spiro atoms. The zero-order chi connectivity index (χ0) is 23.9. The van der Waals surface area contributed by atoms with Gasteiger partial charge in [-0.1, -0.05) is 24.3 Å².